The van der Waals surface area contributed by atoms with Crippen molar-refractivity contribution in [1.82, 2.24) is 4.98 Å². The number of nitrogens with one attached hydrogen (secondary N) is 1. The Balaban J connectivity index is 2.50. The van der Waals surface area contributed by atoms with Gasteiger partial charge in [0.05, 0.1) is 16.8 Å². The first kappa shape index (κ1) is 11.2. The summed E-state index contributed by atoms with van der Waals surface area (Å²) in [7, 11) is 0. The Labute approximate surface area is 105 Å². The molecule has 6 heteroatoms. The van der Waals surface area contributed by atoms with E-state index in [-0.39, 0.29) is 22.5 Å². The van der Waals surface area contributed by atoms with Crippen LogP contribution in [0.4, 0.5) is 0 Å². The second-order valence-corrected chi connectivity index (χ2v) is 4.01. The van der Waals surface area contributed by atoms with Gasteiger partial charge in [-0.05, 0) is 12.1 Å². The number of carboxylic acid groups (broad SMARTS) is 1. The molecule has 0 radical (unpaired) electrons. The molecule has 0 bridgehead atoms. The summed E-state index contributed by atoms with van der Waals surface area (Å²) in [5.74, 6) is -0.904. The van der Waals surface area contributed by atoms with Crippen molar-refractivity contribution < 1.29 is 14.3 Å². The minimum Gasteiger partial charge on any atom is -0.478 e. The Morgan fingerprint density at radius 3 is 2.63 bits per heavy atom. The number of carboxylic acids is 1. The molecule has 6 nitrogen and oxygen atoms in total. The molecule has 94 valence electrons. The standard InChI is InChI=1S/C13H7NO5/c15-8-4-7-11(5-9(8)16)19-10-3-1-2-6(13(17)18)12(10)14-7/h1-5,14H,(H,17,18). The van der Waals surface area contributed by atoms with E-state index in [0.29, 0.717) is 5.58 Å². The quantitative estimate of drug-likeness (QED) is 0.505. The first-order valence-electron chi connectivity index (χ1n) is 5.39. The van der Waals surface area contributed by atoms with Crippen LogP contribution in [0.5, 0.6) is 0 Å². The van der Waals surface area contributed by atoms with Crippen LogP contribution in [-0.2, 0) is 0 Å². The molecule has 1 aromatic carbocycles. The predicted octanol–water partition coefficient (Wildman–Crippen LogP) is 1.28. The lowest BCUT2D eigenvalue weighted by Crippen LogP contribution is -2.22. The van der Waals surface area contributed by atoms with Crippen molar-refractivity contribution in [3.63, 3.8) is 0 Å². The Kier molecular flexibility index (Phi) is 2.25. The minimum atomic E-state index is -1.11. The van der Waals surface area contributed by atoms with Gasteiger partial charge in [-0.25, -0.2) is 4.79 Å². The molecular formula is C13H7NO5. The highest BCUT2D eigenvalue weighted by molar-refractivity contribution is 6.00. The maximum atomic E-state index is 11.3. The van der Waals surface area contributed by atoms with Crippen LogP contribution in [0.2, 0.25) is 0 Å². The third kappa shape index (κ3) is 1.70. The van der Waals surface area contributed by atoms with Crippen LogP contribution in [-0.4, -0.2) is 16.1 Å². The van der Waals surface area contributed by atoms with Crippen LogP contribution in [0.25, 0.3) is 22.6 Å². The minimum absolute atomic E-state index is 0.0294. The molecular weight excluding hydrogens is 250 g/mol. The molecule has 1 heterocycles. The number of rotatable bonds is 1. The van der Waals surface area contributed by atoms with Crippen LogP contribution in [0, 0.1) is 0 Å². The molecule has 0 amide bonds. The summed E-state index contributed by atoms with van der Waals surface area (Å²) < 4.78 is 5.44. The molecule has 0 spiro atoms. The van der Waals surface area contributed by atoms with Crippen LogP contribution < -0.4 is 10.9 Å². The van der Waals surface area contributed by atoms with Crippen LogP contribution in [0.1, 0.15) is 10.4 Å². The van der Waals surface area contributed by atoms with Gasteiger partial charge in [-0.2, -0.15) is 0 Å². The summed E-state index contributed by atoms with van der Waals surface area (Å²) in [5.41, 5.74) is -0.469. The number of aromatic amines is 1. The highest BCUT2D eigenvalue weighted by Crippen LogP contribution is 2.24. The van der Waals surface area contributed by atoms with Crippen molar-refractivity contribution in [3.8, 4) is 11.5 Å². The van der Waals surface area contributed by atoms with Gasteiger partial charge in [0.1, 0.15) is 0 Å². The number of benzene rings is 2. The average molecular weight is 257 g/mol. The third-order valence-corrected chi connectivity index (χ3v) is 2.78. The number of hydrogen-bond donors (Lipinski definition) is 2. The lowest BCUT2D eigenvalue weighted by atomic mass is 10.1. The second kappa shape index (κ2) is 3.81. The number of carbonyl (C=O) groups is 1. The highest BCUT2D eigenvalue weighted by atomic mass is 16.4. The van der Waals surface area contributed by atoms with Gasteiger partial charge in [0.25, 0.3) is 0 Å². The summed E-state index contributed by atoms with van der Waals surface area (Å²) in [6.45, 7) is 0. The van der Waals surface area contributed by atoms with Gasteiger partial charge in [0, 0.05) is 12.1 Å². The summed E-state index contributed by atoms with van der Waals surface area (Å²) in [6.07, 6.45) is 0. The van der Waals surface area contributed by atoms with Crippen molar-refractivity contribution in [3.05, 3.63) is 56.3 Å². The van der Waals surface area contributed by atoms with Crippen LogP contribution in [0.15, 0.2) is 44.3 Å². The lowest BCUT2D eigenvalue weighted by Gasteiger charge is -2.08. The number of para-hydroxylation sites is 1. The van der Waals surface area contributed by atoms with Crippen molar-refractivity contribution in [1.29, 1.82) is 0 Å². The van der Waals surface area contributed by atoms with Crippen molar-refractivity contribution in [2.24, 2.45) is 0 Å². The molecule has 19 heavy (non-hydrogen) atoms. The van der Waals surface area contributed by atoms with E-state index in [1.807, 2.05) is 0 Å². The average Bonchev–Trinajstić information content (AvgIpc) is 2.37. The molecule has 1 aliphatic carbocycles. The van der Waals surface area contributed by atoms with E-state index in [9.17, 15) is 14.4 Å². The van der Waals surface area contributed by atoms with E-state index in [4.69, 9.17) is 9.52 Å². The number of aromatic nitrogens is 1. The molecule has 1 aromatic rings. The van der Waals surface area contributed by atoms with E-state index >= 15 is 0 Å². The fraction of sp³-hybridized carbons (Fsp3) is 0. The number of H-pyrrole nitrogens is 1. The van der Waals surface area contributed by atoms with Gasteiger partial charge >= 0.3 is 5.97 Å². The third-order valence-electron chi connectivity index (χ3n) is 2.78. The first-order valence-corrected chi connectivity index (χ1v) is 5.39. The van der Waals surface area contributed by atoms with Crippen molar-refractivity contribution in [2.75, 3.05) is 0 Å². The molecule has 0 unspecified atom stereocenters. The van der Waals surface area contributed by atoms with E-state index < -0.39 is 16.8 Å². The number of hydrogen-bond acceptors (Lipinski definition) is 4. The number of fused-ring (bicyclic) bond motifs is 2. The second-order valence-electron chi connectivity index (χ2n) is 4.01. The van der Waals surface area contributed by atoms with Gasteiger partial charge in [-0.1, -0.05) is 6.07 Å². The lowest BCUT2D eigenvalue weighted by molar-refractivity contribution is 0.0698. The van der Waals surface area contributed by atoms with E-state index in [1.54, 1.807) is 6.07 Å². The molecule has 2 N–H and O–H groups in total. The predicted molar refractivity (Wildman–Crippen MR) is 66.7 cm³/mol. The maximum absolute atomic E-state index is 11.3. The SMILES string of the molecule is O=C(O)c1cccc2oc3cc(=O)c(=O)cc-3[nH]c12. The molecule has 1 aliphatic heterocycles. The Hall–Kier alpha value is -2.89. The summed E-state index contributed by atoms with van der Waals surface area (Å²) in [6, 6.07) is 6.71. The number of aromatic carboxylic acids is 1. The molecule has 0 fully saturated rings. The Bertz CT molecular complexity index is 890. The largest absolute Gasteiger partial charge is 0.478 e. The zero-order valence-electron chi connectivity index (χ0n) is 9.47. The Morgan fingerprint density at radius 1 is 1.16 bits per heavy atom. The molecule has 0 atom stereocenters. The first-order chi connectivity index (χ1) is 9.06. The summed E-state index contributed by atoms with van der Waals surface area (Å²) >= 11 is 0. The molecule has 3 rings (SSSR count). The Morgan fingerprint density at radius 2 is 1.89 bits per heavy atom. The fourth-order valence-electron chi connectivity index (χ4n) is 1.90. The highest BCUT2D eigenvalue weighted by Gasteiger charge is 2.14. The van der Waals surface area contributed by atoms with Crippen LogP contribution >= 0.6 is 0 Å². The zero-order chi connectivity index (χ0) is 13.6. The molecule has 0 saturated carbocycles. The summed E-state index contributed by atoms with van der Waals surface area (Å²) in [4.78, 5) is 36.5. The summed E-state index contributed by atoms with van der Waals surface area (Å²) in [5, 5.41) is 9.08. The molecule has 0 aromatic heterocycles. The molecule has 2 aliphatic rings. The fourth-order valence-corrected chi connectivity index (χ4v) is 1.90. The zero-order valence-corrected chi connectivity index (χ0v) is 9.47. The maximum Gasteiger partial charge on any atom is 0.337 e. The van der Waals surface area contributed by atoms with E-state index in [0.717, 1.165) is 12.1 Å². The van der Waals surface area contributed by atoms with Gasteiger partial charge < -0.3 is 14.5 Å². The van der Waals surface area contributed by atoms with Gasteiger partial charge in [-0.3, -0.25) is 9.59 Å². The normalized spacial score (nSPS) is 10.9. The van der Waals surface area contributed by atoms with Crippen molar-refractivity contribution >= 4 is 17.1 Å². The van der Waals surface area contributed by atoms with Gasteiger partial charge in [-0.15, -0.1) is 0 Å². The molecule has 0 saturated heterocycles. The van der Waals surface area contributed by atoms with Gasteiger partial charge in [0.2, 0.25) is 10.9 Å². The monoisotopic (exact) mass is 257 g/mol. The smallest absolute Gasteiger partial charge is 0.337 e. The van der Waals surface area contributed by atoms with E-state index in [1.165, 1.54) is 12.1 Å². The van der Waals surface area contributed by atoms with E-state index in [2.05, 4.69) is 4.98 Å². The van der Waals surface area contributed by atoms with Crippen molar-refractivity contribution in [2.45, 2.75) is 0 Å². The topological polar surface area (TPSA) is 100 Å². The van der Waals surface area contributed by atoms with Crippen LogP contribution in [0.3, 0.4) is 0 Å². The van der Waals surface area contributed by atoms with Gasteiger partial charge in [0.15, 0.2) is 11.3 Å².